The lowest BCUT2D eigenvalue weighted by molar-refractivity contribution is -0.147. The topological polar surface area (TPSA) is 290 Å². The molecule has 55 heavy (non-hydrogen) atoms. The van der Waals surface area contributed by atoms with E-state index in [1.807, 2.05) is 0 Å². The Labute approximate surface area is 317 Å². The number of primary amides is 1. The monoisotopic (exact) mass is 793 g/mol. The second kappa shape index (κ2) is 20.3. The number of esters is 1. The first-order chi connectivity index (χ1) is 25.9. The fraction of sp³-hybridized carbons (Fsp3) is 0.529. The molecule has 0 radical (unpaired) electrons. The van der Waals surface area contributed by atoms with Gasteiger partial charge in [0.05, 0.1) is 31.6 Å². The lowest BCUT2D eigenvalue weighted by Gasteiger charge is -2.28. The maximum absolute atomic E-state index is 13.6. The molecule has 4 atom stereocenters. The summed E-state index contributed by atoms with van der Waals surface area (Å²) in [7, 11) is -4.35. The number of nitrogens with one attached hydrogen (secondary N) is 4. The predicted octanol–water partition coefficient (Wildman–Crippen LogP) is -1.05. The van der Waals surface area contributed by atoms with Gasteiger partial charge in [-0.05, 0) is 36.5 Å². The van der Waals surface area contributed by atoms with Crippen molar-refractivity contribution in [2.24, 2.45) is 11.7 Å². The molecule has 20 nitrogen and oxygen atoms in total. The summed E-state index contributed by atoms with van der Waals surface area (Å²) >= 11 is 0. The molecule has 1 saturated heterocycles. The van der Waals surface area contributed by atoms with Crippen LogP contribution in [0.2, 0.25) is 0 Å². The Morgan fingerprint density at radius 1 is 1.00 bits per heavy atom. The molecular formula is C34H47N7O13S. The summed E-state index contributed by atoms with van der Waals surface area (Å²) in [5, 5.41) is 10.3. The molecule has 0 spiro atoms. The van der Waals surface area contributed by atoms with E-state index in [2.05, 4.69) is 21.3 Å². The highest BCUT2D eigenvalue weighted by Gasteiger charge is 2.47. The van der Waals surface area contributed by atoms with Crippen molar-refractivity contribution in [1.82, 2.24) is 25.8 Å². The number of imide groups is 1. The minimum Gasteiger partial charge on any atom is -0.461 e. The maximum Gasteiger partial charge on any atom is 0.312 e. The summed E-state index contributed by atoms with van der Waals surface area (Å²) in [6.45, 7) is 3.69. The van der Waals surface area contributed by atoms with Gasteiger partial charge in [-0.15, -0.1) is 0 Å². The third-order valence-electron chi connectivity index (χ3n) is 8.55. The standard InChI is InChI=1S/C34H47N7O13S/c1-4-29(45)54-18-21-7-9-22(10-8-21)37-31(46)24(6-5-13-36-34(35)49)38-32(47)30(20(2)3)39-26(42)17-40-23(19-53-14-15-55(50,51)52)16-25(33(40)48)41-27(43)11-12-28(41)44/h7-12,20,23-25,30H,4-6,13-19H2,1-3H3,(H,37,46)(H,38,47)(H,39,42)(H3,35,36,49)(H,50,51,52)/t23-,24-,25-,30-/m0/s1. The van der Waals surface area contributed by atoms with E-state index in [1.54, 1.807) is 45.0 Å². The fourth-order valence-electron chi connectivity index (χ4n) is 5.68. The highest BCUT2D eigenvalue weighted by Crippen LogP contribution is 2.26. The molecule has 3 rings (SSSR count). The number of nitrogens with two attached hydrogens (primary N) is 1. The molecule has 0 aliphatic carbocycles. The number of hydrogen-bond donors (Lipinski definition) is 6. The lowest BCUT2D eigenvalue weighted by Crippen LogP contribution is -2.56. The first-order valence-corrected chi connectivity index (χ1v) is 19.1. The minimum absolute atomic E-state index is 0.0437. The van der Waals surface area contributed by atoms with Gasteiger partial charge in [-0.3, -0.25) is 43.0 Å². The Hall–Kier alpha value is -5.41. The number of urea groups is 1. The molecule has 0 saturated carbocycles. The number of likely N-dealkylation sites (tertiary alicyclic amines) is 1. The van der Waals surface area contributed by atoms with Crippen molar-refractivity contribution in [3.8, 4) is 0 Å². The molecule has 2 heterocycles. The van der Waals surface area contributed by atoms with Gasteiger partial charge in [0.2, 0.25) is 23.6 Å². The number of anilines is 1. The van der Waals surface area contributed by atoms with Crippen molar-refractivity contribution in [2.45, 2.75) is 77.2 Å². The molecule has 0 unspecified atom stereocenters. The van der Waals surface area contributed by atoms with Crippen molar-refractivity contribution in [2.75, 3.05) is 37.4 Å². The molecule has 302 valence electrons. The number of ether oxygens (including phenoxy) is 2. The summed E-state index contributed by atoms with van der Waals surface area (Å²) < 4.78 is 41.7. The quantitative estimate of drug-likeness (QED) is 0.0376. The van der Waals surface area contributed by atoms with Gasteiger partial charge in [-0.1, -0.05) is 32.9 Å². The van der Waals surface area contributed by atoms with Crippen molar-refractivity contribution in [1.29, 1.82) is 0 Å². The summed E-state index contributed by atoms with van der Waals surface area (Å²) in [5.41, 5.74) is 6.19. The van der Waals surface area contributed by atoms with Gasteiger partial charge in [-0.25, -0.2) is 4.79 Å². The Bertz CT molecular complexity index is 1730. The highest BCUT2D eigenvalue weighted by molar-refractivity contribution is 7.85. The Morgan fingerprint density at radius 2 is 1.65 bits per heavy atom. The minimum atomic E-state index is -4.35. The van der Waals surface area contributed by atoms with Crippen LogP contribution in [0, 0.1) is 5.92 Å². The van der Waals surface area contributed by atoms with Crippen LogP contribution in [-0.4, -0.2) is 126 Å². The Balaban J connectivity index is 1.72. The largest absolute Gasteiger partial charge is 0.461 e. The SMILES string of the molecule is CCC(=O)OCc1ccc(NC(=O)[C@H](CCCNC(N)=O)NC(=O)[C@@H](NC(=O)CN2C(=O)[C@@H](N3C(=O)C=CC3=O)C[C@H]2COCCS(=O)(=O)O)C(C)C)cc1. The van der Waals surface area contributed by atoms with Crippen LogP contribution in [0.15, 0.2) is 36.4 Å². The van der Waals surface area contributed by atoms with Crippen LogP contribution in [0.1, 0.15) is 52.0 Å². The second-order valence-electron chi connectivity index (χ2n) is 13.1. The number of rotatable bonds is 21. The van der Waals surface area contributed by atoms with Gasteiger partial charge in [0.1, 0.15) is 24.7 Å². The predicted molar refractivity (Wildman–Crippen MR) is 193 cm³/mol. The average Bonchev–Trinajstić information content (AvgIpc) is 3.60. The molecule has 8 amide bonds. The molecule has 1 aromatic rings. The molecule has 1 aromatic carbocycles. The first kappa shape index (κ1) is 44.0. The van der Waals surface area contributed by atoms with Gasteiger partial charge in [0.25, 0.3) is 21.9 Å². The molecule has 1 fully saturated rings. The summed E-state index contributed by atoms with van der Waals surface area (Å²) in [6.07, 6.45) is 2.36. The average molecular weight is 794 g/mol. The van der Waals surface area contributed by atoms with Gasteiger partial charge in [0.15, 0.2) is 0 Å². The van der Waals surface area contributed by atoms with Crippen LogP contribution in [0.5, 0.6) is 0 Å². The van der Waals surface area contributed by atoms with Crippen molar-refractivity contribution in [3.63, 3.8) is 0 Å². The zero-order valence-corrected chi connectivity index (χ0v) is 31.5. The molecule has 7 N–H and O–H groups in total. The first-order valence-electron chi connectivity index (χ1n) is 17.5. The molecule has 21 heteroatoms. The van der Waals surface area contributed by atoms with Crippen molar-refractivity contribution >= 4 is 63.2 Å². The molecule has 0 aromatic heterocycles. The summed E-state index contributed by atoms with van der Waals surface area (Å²) in [6, 6.07) is 1.13. The normalized spacial score (nSPS) is 17.9. The number of carbonyl (C=O) groups is 8. The van der Waals surface area contributed by atoms with Crippen LogP contribution < -0.4 is 27.0 Å². The smallest absolute Gasteiger partial charge is 0.312 e. The maximum atomic E-state index is 13.6. The van der Waals surface area contributed by atoms with E-state index in [1.165, 1.54) is 0 Å². The zero-order chi connectivity index (χ0) is 40.9. The zero-order valence-electron chi connectivity index (χ0n) is 30.6. The van der Waals surface area contributed by atoms with Crippen LogP contribution >= 0.6 is 0 Å². The van der Waals surface area contributed by atoms with Gasteiger partial charge in [-0.2, -0.15) is 8.42 Å². The van der Waals surface area contributed by atoms with Crippen LogP contribution in [0.25, 0.3) is 0 Å². The number of benzene rings is 1. The Morgan fingerprint density at radius 3 is 2.24 bits per heavy atom. The van der Waals surface area contributed by atoms with Crippen molar-refractivity contribution in [3.05, 3.63) is 42.0 Å². The Kier molecular flexibility index (Phi) is 16.3. The van der Waals surface area contributed by atoms with E-state index in [0.717, 1.165) is 22.0 Å². The highest BCUT2D eigenvalue weighted by atomic mass is 32.2. The van der Waals surface area contributed by atoms with E-state index in [-0.39, 0.29) is 51.4 Å². The number of carbonyl (C=O) groups excluding carboxylic acids is 8. The second-order valence-corrected chi connectivity index (χ2v) is 14.7. The number of amides is 8. The van der Waals surface area contributed by atoms with Gasteiger partial charge < -0.3 is 41.4 Å². The fourth-order valence-corrected chi connectivity index (χ4v) is 6.01. The lowest BCUT2D eigenvalue weighted by atomic mass is 10.0. The third kappa shape index (κ3) is 13.7. The van der Waals surface area contributed by atoms with E-state index in [4.69, 9.17) is 19.8 Å². The van der Waals surface area contributed by atoms with Crippen LogP contribution in [-0.2, 0) is 59.8 Å². The van der Waals surface area contributed by atoms with Gasteiger partial charge >= 0.3 is 12.0 Å². The summed E-state index contributed by atoms with van der Waals surface area (Å²) in [4.78, 5) is 103. The third-order valence-corrected chi connectivity index (χ3v) is 9.23. The van der Waals surface area contributed by atoms with E-state index in [0.29, 0.717) is 11.3 Å². The van der Waals surface area contributed by atoms with Crippen LogP contribution in [0.3, 0.4) is 0 Å². The summed E-state index contributed by atoms with van der Waals surface area (Å²) in [5.74, 6) is -6.02. The van der Waals surface area contributed by atoms with Gasteiger partial charge in [0, 0.05) is 37.2 Å². The number of hydrogen-bond acceptors (Lipinski definition) is 12. The van der Waals surface area contributed by atoms with Crippen LogP contribution in [0.4, 0.5) is 10.5 Å². The molecule has 2 aliphatic heterocycles. The molecular weight excluding hydrogens is 746 g/mol. The molecule has 0 bridgehead atoms. The molecule has 2 aliphatic rings. The van der Waals surface area contributed by atoms with E-state index < -0.39 is 101 Å². The van der Waals surface area contributed by atoms with E-state index >= 15 is 0 Å². The van der Waals surface area contributed by atoms with Crippen molar-refractivity contribution < 1.29 is 60.8 Å². The number of nitrogens with zero attached hydrogens (tertiary/aromatic N) is 2. The van der Waals surface area contributed by atoms with E-state index in [9.17, 15) is 46.8 Å².